The molecule has 0 amide bonds. The highest BCUT2D eigenvalue weighted by Crippen LogP contribution is 2.15. The maximum atomic E-state index is 8.82. The summed E-state index contributed by atoms with van der Waals surface area (Å²) in [6.07, 6.45) is 2.61. The molecular weight excluding hydrogens is 161 g/mol. The van der Waals surface area contributed by atoms with Crippen LogP contribution in [0.2, 0.25) is 0 Å². The number of aliphatic hydroxyl groups is 1. The minimum Gasteiger partial charge on any atom is -0.393 e. The van der Waals surface area contributed by atoms with Crippen molar-refractivity contribution in [2.75, 3.05) is 0 Å². The molecule has 0 bridgehead atoms. The minimum atomic E-state index is -0.102. The van der Waals surface area contributed by atoms with E-state index in [0.717, 1.165) is 19.3 Å². The van der Waals surface area contributed by atoms with E-state index in [0.29, 0.717) is 0 Å². The number of halogens is 2. The molecule has 1 saturated carbocycles. The molecule has 0 radical (unpaired) electrons. The van der Waals surface area contributed by atoms with Crippen molar-refractivity contribution in [1.82, 2.24) is 0 Å². The summed E-state index contributed by atoms with van der Waals surface area (Å²) >= 11 is 0. The molecule has 0 aromatic carbocycles. The Morgan fingerprint density at radius 1 is 1.22 bits per heavy atom. The van der Waals surface area contributed by atoms with Gasteiger partial charge in [0, 0.05) is 6.04 Å². The van der Waals surface area contributed by atoms with Crippen LogP contribution in [0.25, 0.3) is 0 Å². The van der Waals surface area contributed by atoms with E-state index in [4.69, 9.17) is 10.8 Å². The zero-order valence-electron chi connectivity index (χ0n) is 5.12. The second-order valence-corrected chi connectivity index (χ2v) is 2.23. The summed E-state index contributed by atoms with van der Waals surface area (Å²) in [4.78, 5) is 0. The largest absolute Gasteiger partial charge is 0.393 e. The molecule has 0 spiro atoms. The first-order chi connectivity index (χ1) is 3.29. The Bertz CT molecular complexity index is 64.0. The molecule has 0 aromatic heterocycles. The lowest BCUT2D eigenvalue weighted by Crippen LogP contribution is -2.15. The van der Waals surface area contributed by atoms with Crippen LogP contribution < -0.4 is 5.73 Å². The standard InChI is InChI=1S/C5H11NO.2ClH/c6-4-1-2-5(7)3-4;;/h4-5,7H,1-3,6H2;2*1H. The quantitative estimate of drug-likeness (QED) is 0.567. The third kappa shape index (κ3) is 3.98. The van der Waals surface area contributed by atoms with Crippen molar-refractivity contribution < 1.29 is 5.11 Å². The Labute approximate surface area is 67.6 Å². The molecule has 0 saturated heterocycles. The molecule has 2 unspecified atom stereocenters. The summed E-state index contributed by atoms with van der Waals surface area (Å²) in [5, 5.41) is 8.82. The van der Waals surface area contributed by atoms with Crippen molar-refractivity contribution in [3.05, 3.63) is 0 Å². The van der Waals surface area contributed by atoms with Crippen LogP contribution in [-0.2, 0) is 0 Å². The van der Waals surface area contributed by atoms with E-state index in [1.165, 1.54) is 0 Å². The number of hydrogen-bond acceptors (Lipinski definition) is 2. The summed E-state index contributed by atoms with van der Waals surface area (Å²) in [6.45, 7) is 0. The van der Waals surface area contributed by atoms with Crippen molar-refractivity contribution in [3.8, 4) is 0 Å². The van der Waals surface area contributed by atoms with Crippen LogP contribution in [-0.4, -0.2) is 17.3 Å². The summed E-state index contributed by atoms with van der Waals surface area (Å²) in [5.74, 6) is 0. The van der Waals surface area contributed by atoms with E-state index in [2.05, 4.69) is 0 Å². The molecule has 1 fully saturated rings. The van der Waals surface area contributed by atoms with Crippen molar-refractivity contribution in [2.45, 2.75) is 31.4 Å². The highest BCUT2D eigenvalue weighted by Gasteiger charge is 2.18. The lowest BCUT2D eigenvalue weighted by Gasteiger charge is -1.96. The molecule has 2 atom stereocenters. The van der Waals surface area contributed by atoms with Crippen LogP contribution >= 0.6 is 24.8 Å². The Kier molecular flexibility index (Phi) is 7.18. The van der Waals surface area contributed by atoms with Crippen molar-refractivity contribution in [2.24, 2.45) is 5.73 Å². The van der Waals surface area contributed by atoms with E-state index in [-0.39, 0.29) is 37.0 Å². The van der Waals surface area contributed by atoms with Gasteiger partial charge in [-0.2, -0.15) is 0 Å². The molecule has 4 heteroatoms. The van der Waals surface area contributed by atoms with Gasteiger partial charge in [-0.1, -0.05) is 0 Å². The molecule has 0 aliphatic heterocycles. The Morgan fingerprint density at radius 2 is 1.78 bits per heavy atom. The molecule has 3 N–H and O–H groups in total. The normalized spacial score (nSPS) is 32.7. The smallest absolute Gasteiger partial charge is 0.0555 e. The van der Waals surface area contributed by atoms with E-state index < -0.39 is 0 Å². The summed E-state index contributed by atoms with van der Waals surface area (Å²) in [5.41, 5.74) is 5.47. The lowest BCUT2D eigenvalue weighted by molar-refractivity contribution is 0.181. The van der Waals surface area contributed by atoms with Gasteiger partial charge in [0.05, 0.1) is 6.10 Å². The maximum Gasteiger partial charge on any atom is 0.0555 e. The number of nitrogens with two attached hydrogens (primary N) is 1. The summed E-state index contributed by atoms with van der Waals surface area (Å²) in [7, 11) is 0. The monoisotopic (exact) mass is 173 g/mol. The van der Waals surface area contributed by atoms with Gasteiger partial charge in [0.15, 0.2) is 0 Å². The molecule has 2 nitrogen and oxygen atoms in total. The van der Waals surface area contributed by atoms with Gasteiger partial charge in [-0.15, -0.1) is 24.8 Å². The molecule has 9 heavy (non-hydrogen) atoms. The van der Waals surface area contributed by atoms with Crippen LogP contribution in [0.5, 0.6) is 0 Å². The molecule has 0 heterocycles. The third-order valence-electron chi connectivity index (χ3n) is 1.45. The van der Waals surface area contributed by atoms with Gasteiger partial charge in [-0.25, -0.2) is 0 Å². The third-order valence-corrected chi connectivity index (χ3v) is 1.45. The number of hydrogen-bond donors (Lipinski definition) is 2. The first-order valence-electron chi connectivity index (χ1n) is 2.72. The Morgan fingerprint density at radius 3 is 1.89 bits per heavy atom. The predicted octanol–water partition coefficient (Wildman–Crippen LogP) is 0.702. The SMILES string of the molecule is Cl.Cl.NC1CCC(O)C1. The lowest BCUT2D eigenvalue weighted by atomic mass is 10.3. The van der Waals surface area contributed by atoms with Crippen LogP contribution in [0.1, 0.15) is 19.3 Å². The molecule has 1 aliphatic rings. The van der Waals surface area contributed by atoms with Crippen LogP contribution in [0.3, 0.4) is 0 Å². The number of rotatable bonds is 0. The molecule has 58 valence electrons. The highest BCUT2D eigenvalue weighted by molar-refractivity contribution is 5.85. The van der Waals surface area contributed by atoms with Gasteiger partial charge in [0.25, 0.3) is 0 Å². The highest BCUT2D eigenvalue weighted by atomic mass is 35.5. The maximum absolute atomic E-state index is 8.82. The zero-order valence-corrected chi connectivity index (χ0v) is 6.75. The van der Waals surface area contributed by atoms with Gasteiger partial charge in [0.2, 0.25) is 0 Å². The summed E-state index contributed by atoms with van der Waals surface area (Å²) < 4.78 is 0. The fourth-order valence-electron chi connectivity index (χ4n) is 0.992. The molecular formula is C5H13Cl2NO. The van der Waals surface area contributed by atoms with Gasteiger partial charge in [0.1, 0.15) is 0 Å². The topological polar surface area (TPSA) is 46.2 Å². The first-order valence-corrected chi connectivity index (χ1v) is 2.72. The van der Waals surface area contributed by atoms with E-state index in [1.807, 2.05) is 0 Å². The van der Waals surface area contributed by atoms with Crippen LogP contribution in [0.15, 0.2) is 0 Å². The van der Waals surface area contributed by atoms with Gasteiger partial charge < -0.3 is 10.8 Å². The average Bonchev–Trinajstić information content (AvgIpc) is 1.87. The van der Waals surface area contributed by atoms with Crippen LogP contribution in [0.4, 0.5) is 0 Å². The van der Waals surface area contributed by atoms with Crippen molar-refractivity contribution in [1.29, 1.82) is 0 Å². The van der Waals surface area contributed by atoms with Crippen molar-refractivity contribution in [3.63, 3.8) is 0 Å². The minimum absolute atomic E-state index is 0. The fourth-order valence-corrected chi connectivity index (χ4v) is 0.992. The zero-order chi connectivity index (χ0) is 5.28. The van der Waals surface area contributed by atoms with E-state index in [1.54, 1.807) is 0 Å². The van der Waals surface area contributed by atoms with Gasteiger partial charge >= 0.3 is 0 Å². The number of aliphatic hydroxyl groups excluding tert-OH is 1. The summed E-state index contributed by atoms with van der Waals surface area (Å²) in [6, 6.07) is 0.273. The van der Waals surface area contributed by atoms with Gasteiger partial charge in [-0.05, 0) is 19.3 Å². The molecule has 0 aromatic rings. The fraction of sp³-hybridized carbons (Fsp3) is 1.00. The molecule has 1 rings (SSSR count). The first kappa shape index (κ1) is 12.2. The van der Waals surface area contributed by atoms with Crippen LogP contribution in [0, 0.1) is 0 Å². The Hall–Kier alpha value is 0.500. The van der Waals surface area contributed by atoms with Gasteiger partial charge in [-0.3, -0.25) is 0 Å². The second-order valence-electron chi connectivity index (χ2n) is 2.23. The average molecular weight is 174 g/mol. The van der Waals surface area contributed by atoms with Crippen molar-refractivity contribution >= 4 is 24.8 Å². The second kappa shape index (κ2) is 5.30. The van der Waals surface area contributed by atoms with E-state index in [9.17, 15) is 0 Å². The predicted molar refractivity (Wildman–Crippen MR) is 42.3 cm³/mol. The van der Waals surface area contributed by atoms with E-state index >= 15 is 0 Å². The molecule has 1 aliphatic carbocycles. The Balaban J connectivity index is 0.